The Labute approximate surface area is 105 Å². The number of nitrogens with zero attached hydrogens (tertiary/aromatic N) is 2. The Bertz CT molecular complexity index is 620. The largest absolute Gasteiger partial charge is 0.492 e. The number of rotatable bonds is 3. The van der Waals surface area contributed by atoms with Crippen LogP contribution in [-0.4, -0.2) is 16.4 Å². The Morgan fingerprint density at radius 1 is 1.39 bits per heavy atom. The number of benzene rings is 1. The fraction of sp³-hybridized carbons (Fsp3) is 0.231. The Morgan fingerprint density at radius 3 is 2.83 bits per heavy atom. The van der Waals surface area contributed by atoms with E-state index in [-0.39, 0.29) is 11.2 Å². The first-order valence-corrected chi connectivity index (χ1v) is 5.72. The van der Waals surface area contributed by atoms with Crippen molar-refractivity contribution in [2.75, 3.05) is 12.3 Å². The third kappa shape index (κ3) is 2.20. The average Bonchev–Trinajstić information content (AvgIpc) is 2.35. The number of para-hydroxylation sites is 2. The molecule has 0 amide bonds. The molecule has 0 fully saturated rings. The fourth-order valence-corrected chi connectivity index (χ4v) is 1.71. The molecule has 1 aromatic heterocycles. The molecule has 0 aliphatic heterocycles. The van der Waals surface area contributed by atoms with Crippen LogP contribution in [0.25, 0.3) is 5.69 Å². The summed E-state index contributed by atoms with van der Waals surface area (Å²) in [5, 5.41) is 4.09. The highest BCUT2D eigenvalue weighted by Gasteiger charge is 2.09. The number of aryl methyl sites for hydroxylation is 1. The predicted octanol–water partition coefficient (Wildman–Crippen LogP) is 1.52. The lowest BCUT2D eigenvalue weighted by Gasteiger charge is -2.14. The molecule has 2 N–H and O–H groups in total. The molecule has 5 nitrogen and oxygen atoms in total. The van der Waals surface area contributed by atoms with Crippen LogP contribution in [0.3, 0.4) is 0 Å². The molecule has 0 aliphatic rings. The minimum Gasteiger partial charge on any atom is -0.492 e. The second kappa shape index (κ2) is 4.91. The quantitative estimate of drug-likeness (QED) is 0.890. The van der Waals surface area contributed by atoms with E-state index in [9.17, 15) is 4.79 Å². The van der Waals surface area contributed by atoms with Crippen LogP contribution in [0.15, 0.2) is 35.1 Å². The standard InChI is InChI=1S/C13H15N3O2/c1-3-18-12-7-5-4-6-10(12)16-9(2)8-11(17)13(14)15-16/h4-8H,3H2,1-2H3,(H2,14,15). The van der Waals surface area contributed by atoms with Gasteiger partial charge in [-0.05, 0) is 26.0 Å². The number of nitrogens with two attached hydrogens (primary N) is 1. The van der Waals surface area contributed by atoms with Gasteiger partial charge in [0.15, 0.2) is 5.82 Å². The molecule has 0 saturated heterocycles. The maximum Gasteiger partial charge on any atom is 0.224 e. The van der Waals surface area contributed by atoms with Crippen molar-refractivity contribution >= 4 is 5.82 Å². The van der Waals surface area contributed by atoms with Gasteiger partial charge in [0.25, 0.3) is 0 Å². The van der Waals surface area contributed by atoms with Crippen LogP contribution in [0.5, 0.6) is 5.75 Å². The SMILES string of the molecule is CCOc1ccccc1-n1nc(N)c(=O)cc1C. The smallest absolute Gasteiger partial charge is 0.224 e. The van der Waals surface area contributed by atoms with Gasteiger partial charge in [0.05, 0.1) is 6.61 Å². The maximum atomic E-state index is 11.4. The van der Waals surface area contributed by atoms with Crippen LogP contribution < -0.4 is 15.9 Å². The number of nitrogen functional groups attached to an aromatic ring is 1. The Morgan fingerprint density at radius 2 is 2.11 bits per heavy atom. The van der Waals surface area contributed by atoms with Crippen molar-refractivity contribution in [2.45, 2.75) is 13.8 Å². The van der Waals surface area contributed by atoms with Crippen LogP contribution in [-0.2, 0) is 0 Å². The zero-order chi connectivity index (χ0) is 13.1. The molecule has 0 spiro atoms. The predicted molar refractivity (Wildman–Crippen MR) is 70.2 cm³/mol. The minimum absolute atomic E-state index is 0.0214. The third-order valence-corrected chi connectivity index (χ3v) is 2.53. The second-order valence-electron chi connectivity index (χ2n) is 3.85. The summed E-state index contributed by atoms with van der Waals surface area (Å²) in [6, 6.07) is 8.96. The fourth-order valence-electron chi connectivity index (χ4n) is 1.71. The minimum atomic E-state index is -0.266. The molecule has 2 aromatic rings. The van der Waals surface area contributed by atoms with Gasteiger partial charge in [-0.3, -0.25) is 4.79 Å². The van der Waals surface area contributed by atoms with Crippen molar-refractivity contribution in [3.8, 4) is 11.4 Å². The Balaban J connectivity index is 2.61. The topological polar surface area (TPSA) is 70.1 Å². The van der Waals surface area contributed by atoms with E-state index in [1.165, 1.54) is 6.07 Å². The molecule has 2 rings (SSSR count). The van der Waals surface area contributed by atoms with Gasteiger partial charge in [-0.25, -0.2) is 4.68 Å². The summed E-state index contributed by atoms with van der Waals surface area (Å²) in [7, 11) is 0. The Hall–Kier alpha value is -2.30. The van der Waals surface area contributed by atoms with E-state index in [0.717, 1.165) is 5.69 Å². The van der Waals surface area contributed by atoms with Crippen LogP contribution in [0, 0.1) is 6.92 Å². The van der Waals surface area contributed by atoms with Gasteiger partial charge < -0.3 is 10.5 Å². The van der Waals surface area contributed by atoms with E-state index in [1.54, 1.807) is 11.6 Å². The van der Waals surface area contributed by atoms with Gasteiger partial charge in [0.1, 0.15) is 11.4 Å². The molecule has 1 aromatic carbocycles. The van der Waals surface area contributed by atoms with Crippen molar-refractivity contribution in [3.05, 3.63) is 46.2 Å². The highest BCUT2D eigenvalue weighted by molar-refractivity contribution is 5.47. The summed E-state index contributed by atoms with van der Waals surface area (Å²) in [4.78, 5) is 11.4. The first-order valence-electron chi connectivity index (χ1n) is 5.72. The average molecular weight is 245 g/mol. The van der Waals surface area contributed by atoms with Crippen molar-refractivity contribution in [2.24, 2.45) is 0 Å². The maximum absolute atomic E-state index is 11.4. The molecule has 5 heteroatoms. The molecule has 0 atom stereocenters. The molecule has 18 heavy (non-hydrogen) atoms. The number of hydrogen-bond donors (Lipinski definition) is 1. The van der Waals surface area contributed by atoms with Crippen molar-refractivity contribution < 1.29 is 4.74 Å². The summed E-state index contributed by atoms with van der Waals surface area (Å²) in [6.07, 6.45) is 0. The first kappa shape index (κ1) is 12.2. The van der Waals surface area contributed by atoms with Gasteiger partial charge in [-0.15, -0.1) is 5.10 Å². The highest BCUT2D eigenvalue weighted by atomic mass is 16.5. The highest BCUT2D eigenvalue weighted by Crippen LogP contribution is 2.22. The summed E-state index contributed by atoms with van der Waals surface area (Å²) < 4.78 is 7.15. The van der Waals surface area contributed by atoms with Gasteiger partial charge in [0.2, 0.25) is 5.43 Å². The number of hydrogen-bond acceptors (Lipinski definition) is 4. The molecule has 94 valence electrons. The zero-order valence-corrected chi connectivity index (χ0v) is 10.4. The molecular weight excluding hydrogens is 230 g/mol. The summed E-state index contributed by atoms with van der Waals surface area (Å²) >= 11 is 0. The zero-order valence-electron chi connectivity index (χ0n) is 10.4. The van der Waals surface area contributed by atoms with E-state index >= 15 is 0 Å². The lowest BCUT2D eigenvalue weighted by atomic mass is 10.2. The number of ether oxygens (including phenoxy) is 1. The van der Waals surface area contributed by atoms with Crippen LogP contribution in [0.2, 0.25) is 0 Å². The lowest BCUT2D eigenvalue weighted by molar-refractivity contribution is 0.338. The normalized spacial score (nSPS) is 10.3. The molecule has 0 bridgehead atoms. The summed E-state index contributed by atoms with van der Waals surface area (Å²) in [5.41, 5.74) is 6.78. The van der Waals surface area contributed by atoms with Crippen molar-refractivity contribution in [3.63, 3.8) is 0 Å². The Kier molecular flexibility index (Phi) is 3.32. The summed E-state index contributed by atoms with van der Waals surface area (Å²) in [6.45, 7) is 4.28. The number of anilines is 1. The van der Waals surface area contributed by atoms with Crippen molar-refractivity contribution in [1.29, 1.82) is 0 Å². The van der Waals surface area contributed by atoms with Crippen LogP contribution >= 0.6 is 0 Å². The van der Waals surface area contributed by atoms with E-state index in [0.29, 0.717) is 18.1 Å². The van der Waals surface area contributed by atoms with Gasteiger partial charge in [0, 0.05) is 11.8 Å². The molecule has 0 unspecified atom stereocenters. The van der Waals surface area contributed by atoms with Gasteiger partial charge in [-0.2, -0.15) is 0 Å². The third-order valence-electron chi connectivity index (χ3n) is 2.53. The molecule has 0 saturated carbocycles. The second-order valence-corrected chi connectivity index (χ2v) is 3.85. The van der Waals surface area contributed by atoms with E-state index in [4.69, 9.17) is 10.5 Å². The summed E-state index contributed by atoms with van der Waals surface area (Å²) in [5.74, 6) is 0.686. The molecule has 1 heterocycles. The molecular formula is C13H15N3O2. The van der Waals surface area contributed by atoms with Crippen LogP contribution in [0.4, 0.5) is 5.82 Å². The number of aromatic nitrogens is 2. The van der Waals surface area contributed by atoms with E-state index < -0.39 is 0 Å². The lowest BCUT2D eigenvalue weighted by Crippen LogP contribution is -2.18. The van der Waals surface area contributed by atoms with Crippen molar-refractivity contribution in [1.82, 2.24) is 9.78 Å². The van der Waals surface area contributed by atoms with Gasteiger partial charge in [-0.1, -0.05) is 12.1 Å². The van der Waals surface area contributed by atoms with E-state index in [1.807, 2.05) is 31.2 Å². The van der Waals surface area contributed by atoms with E-state index in [2.05, 4.69) is 5.10 Å². The van der Waals surface area contributed by atoms with Gasteiger partial charge >= 0.3 is 0 Å². The van der Waals surface area contributed by atoms with Crippen LogP contribution in [0.1, 0.15) is 12.6 Å². The molecule has 0 aliphatic carbocycles. The first-order chi connectivity index (χ1) is 8.63. The monoisotopic (exact) mass is 245 g/mol. The molecule has 0 radical (unpaired) electrons.